The lowest BCUT2D eigenvalue weighted by Crippen LogP contribution is -2.11. The van der Waals surface area contributed by atoms with Gasteiger partial charge in [-0.15, -0.1) is 0 Å². The van der Waals surface area contributed by atoms with Crippen LogP contribution in [-0.4, -0.2) is 11.6 Å². The fourth-order valence-electron chi connectivity index (χ4n) is 3.47. The highest BCUT2D eigenvalue weighted by Crippen LogP contribution is 2.32. The molecule has 0 radical (unpaired) electrons. The molecule has 0 saturated heterocycles. The first kappa shape index (κ1) is 12.7. The van der Waals surface area contributed by atoms with Gasteiger partial charge in [-0.25, -0.2) is 0 Å². The van der Waals surface area contributed by atoms with Gasteiger partial charge < -0.3 is 9.88 Å². The largest absolute Gasteiger partial charge is 0.344 e. The summed E-state index contributed by atoms with van der Waals surface area (Å²) in [5.74, 6) is 0. The standard InChI is InChI=1S/C17H24N2/c1-18-13-15-8-6-7-14-11-12-19(17(14)15)16-9-4-2-3-5-10-16/h6-8,11-12,16,18H,2-5,9-10,13H2,1H3. The molecule has 0 unspecified atom stereocenters. The van der Waals surface area contributed by atoms with Gasteiger partial charge in [-0.1, -0.05) is 43.9 Å². The minimum atomic E-state index is 0.706. The summed E-state index contributed by atoms with van der Waals surface area (Å²) in [6.45, 7) is 0.952. The third-order valence-electron chi connectivity index (χ3n) is 4.41. The second kappa shape index (κ2) is 5.79. The SMILES string of the molecule is CNCc1cccc2ccn(C3CCCCCC3)c12. The molecule has 0 amide bonds. The van der Waals surface area contributed by atoms with Crippen LogP contribution in [0.5, 0.6) is 0 Å². The van der Waals surface area contributed by atoms with Crippen LogP contribution in [-0.2, 0) is 6.54 Å². The van der Waals surface area contributed by atoms with Crippen LogP contribution in [0.3, 0.4) is 0 Å². The van der Waals surface area contributed by atoms with E-state index in [1.807, 2.05) is 7.05 Å². The lowest BCUT2D eigenvalue weighted by atomic mass is 10.1. The summed E-state index contributed by atoms with van der Waals surface area (Å²) in [5.41, 5.74) is 2.87. The van der Waals surface area contributed by atoms with E-state index < -0.39 is 0 Å². The fraction of sp³-hybridized carbons (Fsp3) is 0.529. The molecule has 2 nitrogen and oxygen atoms in total. The van der Waals surface area contributed by atoms with E-state index in [4.69, 9.17) is 0 Å². The number of hydrogen-bond acceptors (Lipinski definition) is 1. The average Bonchev–Trinajstić information content (AvgIpc) is 2.68. The Bertz CT molecular complexity index is 533. The number of nitrogens with zero attached hydrogens (tertiary/aromatic N) is 1. The zero-order valence-electron chi connectivity index (χ0n) is 11.9. The molecule has 2 aromatic rings. The molecule has 102 valence electrons. The van der Waals surface area contributed by atoms with Crippen LogP contribution in [0, 0.1) is 0 Å². The smallest absolute Gasteiger partial charge is 0.0528 e. The number of nitrogens with one attached hydrogen (secondary N) is 1. The molecule has 1 N–H and O–H groups in total. The van der Waals surface area contributed by atoms with Gasteiger partial charge in [0.25, 0.3) is 0 Å². The normalized spacial score (nSPS) is 17.7. The van der Waals surface area contributed by atoms with Crippen molar-refractivity contribution in [1.82, 2.24) is 9.88 Å². The van der Waals surface area contributed by atoms with E-state index in [0.29, 0.717) is 6.04 Å². The maximum atomic E-state index is 3.30. The van der Waals surface area contributed by atoms with E-state index in [9.17, 15) is 0 Å². The minimum absolute atomic E-state index is 0.706. The Morgan fingerprint density at radius 3 is 2.63 bits per heavy atom. The first-order chi connectivity index (χ1) is 9.40. The number of aromatic nitrogens is 1. The van der Waals surface area contributed by atoms with Crippen molar-refractivity contribution in [1.29, 1.82) is 0 Å². The summed E-state index contributed by atoms with van der Waals surface area (Å²) in [7, 11) is 2.03. The Balaban J connectivity index is 2.02. The quantitative estimate of drug-likeness (QED) is 0.812. The monoisotopic (exact) mass is 256 g/mol. The fourth-order valence-corrected chi connectivity index (χ4v) is 3.47. The molecule has 1 fully saturated rings. The lowest BCUT2D eigenvalue weighted by Gasteiger charge is -2.19. The minimum Gasteiger partial charge on any atom is -0.344 e. The van der Waals surface area contributed by atoms with Crippen molar-refractivity contribution in [3.63, 3.8) is 0 Å². The number of hydrogen-bond donors (Lipinski definition) is 1. The van der Waals surface area contributed by atoms with Gasteiger partial charge in [-0.05, 0) is 36.9 Å². The van der Waals surface area contributed by atoms with Gasteiger partial charge in [-0.3, -0.25) is 0 Å². The Hall–Kier alpha value is -1.28. The van der Waals surface area contributed by atoms with Crippen molar-refractivity contribution in [2.45, 2.75) is 51.1 Å². The molecular weight excluding hydrogens is 232 g/mol. The Kier molecular flexibility index (Phi) is 3.88. The third kappa shape index (κ3) is 2.55. The van der Waals surface area contributed by atoms with Crippen molar-refractivity contribution < 1.29 is 0 Å². The van der Waals surface area contributed by atoms with E-state index in [0.717, 1.165) is 6.54 Å². The van der Waals surface area contributed by atoms with E-state index in [1.165, 1.54) is 55.0 Å². The third-order valence-corrected chi connectivity index (χ3v) is 4.41. The first-order valence-electron chi connectivity index (χ1n) is 7.63. The molecule has 1 aliphatic carbocycles. The Labute approximate surface area is 115 Å². The summed E-state index contributed by atoms with van der Waals surface area (Å²) >= 11 is 0. The highest BCUT2D eigenvalue weighted by atomic mass is 15.0. The maximum absolute atomic E-state index is 3.30. The topological polar surface area (TPSA) is 17.0 Å². The molecule has 1 aliphatic rings. The predicted molar refractivity (Wildman–Crippen MR) is 81.4 cm³/mol. The van der Waals surface area contributed by atoms with E-state index in [2.05, 4.69) is 40.3 Å². The zero-order chi connectivity index (χ0) is 13.1. The summed E-state index contributed by atoms with van der Waals surface area (Å²) < 4.78 is 2.55. The molecule has 19 heavy (non-hydrogen) atoms. The summed E-state index contributed by atoms with van der Waals surface area (Å²) in [6.07, 6.45) is 10.6. The van der Waals surface area contributed by atoms with Gasteiger partial charge in [0.1, 0.15) is 0 Å². The molecule has 0 atom stereocenters. The molecule has 1 heterocycles. The van der Waals surface area contributed by atoms with Gasteiger partial charge in [0.2, 0.25) is 0 Å². The van der Waals surface area contributed by atoms with Crippen molar-refractivity contribution in [3.8, 4) is 0 Å². The van der Waals surface area contributed by atoms with Gasteiger partial charge >= 0.3 is 0 Å². The summed E-state index contributed by atoms with van der Waals surface area (Å²) in [5, 5.41) is 4.68. The molecule has 1 saturated carbocycles. The van der Waals surface area contributed by atoms with Crippen molar-refractivity contribution in [3.05, 3.63) is 36.0 Å². The highest BCUT2D eigenvalue weighted by Gasteiger charge is 2.16. The van der Waals surface area contributed by atoms with Gasteiger partial charge in [0.15, 0.2) is 0 Å². The second-order valence-electron chi connectivity index (χ2n) is 5.75. The van der Waals surface area contributed by atoms with Crippen LogP contribution in [0.1, 0.15) is 50.1 Å². The van der Waals surface area contributed by atoms with Crippen LogP contribution in [0.2, 0.25) is 0 Å². The number of fused-ring (bicyclic) bond motifs is 1. The number of benzene rings is 1. The Morgan fingerprint density at radius 2 is 1.89 bits per heavy atom. The lowest BCUT2D eigenvalue weighted by molar-refractivity contribution is 0.455. The average molecular weight is 256 g/mol. The predicted octanol–water partition coefficient (Wildman–Crippen LogP) is 4.26. The Morgan fingerprint density at radius 1 is 1.11 bits per heavy atom. The number of rotatable bonds is 3. The van der Waals surface area contributed by atoms with Gasteiger partial charge in [-0.2, -0.15) is 0 Å². The molecule has 3 rings (SSSR count). The molecule has 2 heteroatoms. The van der Waals surface area contributed by atoms with Gasteiger partial charge in [0, 0.05) is 18.8 Å². The first-order valence-corrected chi connectivity index (χ1v) is 7.63. The van der Waals surface area contributed by atoms with Crippen molar-refractivity contribution >= 4 is 10.9 Å². The second-order valence-corrected chi connectivity index (χ2v) is 5.75. The van der Waals surface area contributed by atoms with Crippen LogP contribution < -0.4 is 5.32 Å². The molecule has 0 spiro atoms. The molecule has 1 aromatic carbocycles. The molecular formula is C17H24N2. The highest BCUT2D eigenvalue weighted by molar-refractivity contribution is 5.83. The van der Waals surface area contributed by atoms with Crippen LogP contribution >= 0.6 is 0 Å². The van der Waals surface area contributed by atoms with Crippen molar-refractivity contribution in [2.75, 3.05) is 7.05 Å². The summed E-state index contributed by atoms with van der Waals surface area (Å²) in [6, 6.07) is 9.65. The van der Waals surface area contributed by atoms with Crippen molar-refractivity contribution in [2.24, 2.45) is 0 Å². The maximum Gasteiger partial charge on any atom is 0.0528 e. The summed E-state index contributed by atoms with van der Waals surface area (Å²) in [4.78, 5) is 0. The molecule has 0 bridgehead atoms. The van der Waals surface area contributed by atoms with E-state index >= 15 is 0 Å². The van der Waals surface area contributed by atoms with E-state index in [-0.39, 0.29) is 0 Å². The van der Waals surface area contributed by atoms with Crippen LogP contribution in [0.4, 0.5) is 0 Å². The molecule has 0 aliphatic heterocycles. The van der Waals surface area contributed by atoms with Crippen LogP contribution in [0.15, 0.2) is 30.5 Å². The zero-order valence-corrected chi connectivity index (χ0v) is 11.9. The number of para-hydroxylation sites is 1. The van der Waals surface area contributed by atoms with E-state index in [1.54, 1.807) is 0 Å². The molecule has 1 aromatic heterocycles. The van der Waals surface area contributed by atoms with Crippen LogP contribution in [0.25, 0.3) is 10.9 Å². The van der Waals surface area contributed by atoms with Gasteiger partial charge in [0.05, 0.1) is 5.52 Å².